The Morgan fingerprint density at radius 1 is 1.27 bits per heavy atom. The standard InChI is InChI=1S/C16H17NO4S/c18-16(6-13-10-22(19)11-13)15-7-14(21-17-15)9-20-8-12-4-2-1-3-5-12/h1-5,7,13H,6,8-11H2. The topological polar surface area (TPSA) is 69.4 Å². The molecule has 0 N–H and O–H groups in total. The molecule has 6 heteroatoms. The summed E-state index contributed by atoms with van der Waals surface area (Å²) in [5, 5.41) is 3.79. The molecule has 0 amide bonds. The highest BCUT2D eigenvalue weighted by Gasteiger charge is 2.28. The average Bonchev–Trinajstić information content (AvgIpc) is 2.96. The number of rotatable bonds is 7. The highest BCUT2D eigenvalue weighted by Crippen LogP contribution is 2.20. The van der Waals surface area contributed by atoms with E-state index >= 15 is 0 Å². The number of hydrogen-bond acceptors (Lipinski definition) is 5. The van der Waals surface area contributed by atoms with Crippen LogP contribution in [0, 0.1) is 5.92 Å². The molecule has 2 aromatic rings. The number of hydrogen-bond donors (Lipinski definition) is 0. The van der Waals surface area contributed by atoms with Crippen LogP contribution < -0.4 is 0 Å². The Kier molecular flexibility index (Phi) is 4.80. The first-order valence-corrected chi connectivity index (χ1v) is 8.65. The number of carbonyl (C=O) groups is 1. The van der Waals surface area contributed by atoms with Crippen LogP contribution in [0.4, 0.5) is 0 Å². The first-order valence-electron chi connectivity index (χ1n) is 7.16. The van der Waals surface area contributed by atoms with Gasteiger partial charge in [-0.3, -0.25) is 9.00 Å². The SMILES string of the molecule is O=C(CC1CS(=O)C1)c1cc(COCc2ccccc2)on1. The summed E-state index contributed by atoms with van der Waals surface area (Å²) in [6.07, 6.45) is 0.391. The van der Waals surface area contributed by atoms with Gasteiger partial charge in [0.05, 0.1) is 6.61 Å². The molecule has 0 unspecified atom stereocenters. The largest absolute Gasteiger partial charge is 0.369 e. The summed E-state index contributed by atoms with van der Waals surface area (Å²) in [5.74, 6) is 1.95. The van der Waals surface area contributed by atoms with Crippen LogP contribution in [0.1, 0.15) is 28.2 Å². The highest BCUT2D eigenvalue weighted by atomic mass is 32.2. The molecule has 2 heterocycles. The van der Waals surface area contributed by atoms with Gasteiger partial charge in [0.1, 0.15) is 12.3 Å². The molecule has 116 valence electrons. The Bertz CT molecular complexity index is 660. The predicted octanol–water partition coefficient (Wildman–Crippen LogP) is 2.34. The number of aromatic nitrogens is 1. The van der Waals surface area contributed by atoms with E-state index < -0.39 is 10.8 Å². The summed E-state index contributed by atoms with van der Waals surface area (Å²) < 4.78 is 21.7. The Balaban J connectivity index is 1.46. The third-order valence-electron chi connectivity index (χ3n) is 3.52. The van der Waals surface area contributed by atoms with E-state index in [1.54, 1.807) is 6.07 Å². The molecule has 0 saturated carbocycles. The molecule has 0 spiro atoms. The second-order valence-electron chi connectivity index (χ2n) is 5.42. The van der Waals surface area contributed by atoms with Gasteiger partial charge in [-0.2, -0.15) is 0 Å². The Morgan fingerprint density at radius 2 is 2.05 bits per heavy atom. The quantitative estimate of drug-likeness (QED) is 0.733. The van der Waals surface area contributed by atoms with Gasteiger partial charge in [-0.1, -0.05) is 35.5 Å². The molecule has 0 aliphatic carbocycles. The fourth-order valence-corrected chi connectivity index (χ4v) is 3.51. The van der Waals surface area contributed by atoms with Crippen LogP contribution in [-0.4, -0.2) is 26.7 Å². The third kappa shape index (κ3) is 3.90. The van der Waals surface area contributed by atoms with Crippen molar-refractivity contribution in [1.29, 1.82) is 0 Å². The number of benzene rings is 1. The van der Waals surface area contributed by atoms with Gasteiger partial charge in [-0.15, -0.1) is 0 Å². The molecule has 1 aromatic carbocycles. The Labute approximate surface area is 131 Å². The molecule has 1 aromatic heterocycles. The lowest BCUT2D eigenvalue weighted by Gasteiger charge is -2.23. The van der Waals surface area contributed by atoms with E-state index in [9.17, 15) is 9.00 Å². The lowest BCUT2D eigenvalue weighted by Crippen LogP contribution is -2.32. The van der Waals surface area contributed by atoms with Crippen molar-refractivity contribution in [3.05, 3.63) is 53.4 Å². The van der Waals surface area contributed by atoms with Crippen molar-refractivity contribution in [3.63, 3.8) is 0 Å². The van der Waals surface area contributed by atoms with E-state index in [1.807, 2.05) is 30.3 Å². The molecule has 5 nitrogen and oxygen atoms in total. The average molecular weight is 319 g/mol. The van der Waals surface area contributed by atoms with Gasteiger partial charge in [-0.25, -0.2) is 0 Å². The summed E-state index contributed by atoms with van der Waals surface area (Å²) in [6, 6.07) is 11.5. The van der Waals surface area contributed by atoms with Crippen molar-refractivity contribution in [2.24, 2.45) is 5.92 Å². The summed E-state index contributed by atoms with van der Waals surface area (Å²) in [4.78, 5) is 12.0. The maximum atomic E-state index is 12.0. The van der Waals surface area contributed by atoms with Crippen LogP contribution in [0.5, 0.6) is 0 Å². The van der Waals surface area contributed by atoms with Crippen molar-refractivity contribution in [2.75, 3.05) is 11.5 Å². The Morgan fingerprint density at radius 3 is 2.77 bits per heavy atom. The fourth-order valence-electron chi connectivity index (χ4n) is 2.32. The normalized spacial score (nSPS) is 20.5. The van der Waals surface area contributed by atoms with Crippen LogP contribution in [-0.2, 0) is 28.8 Å². The molecule has 0 atom stereocenters. The van der Waals surface area contributed by atoms with Crippen molar-refractivity contribution < 1.29 is 18.3 Å². The minimum atomic E-state index is -0.728. The van der Waals surface area contributed by atoms with Gasteiger partial charge in [-0.05, 0) is 11.5 Å². The van der Waals surface area contributed by atoms with Gasteiger partial charge in [0.2, 0.25) is 0 Å². The highest BCUT2D eigenvalue weighted by molar-refractivity contribution is 7.86. The first-order chi connectivity index (χ1) is 10.7. The summed E-state index contributed by atoms with van der Waals surface area (Å²) in [5.41, 5.74) is 1.41. The molecular formula is C16H17NO4S. The lowest BCUT2D eigenvalue weighted by molar-refractivity contribution is 0.0878. The minimum absolute atomic E-state index is 0.0558. The lowest BCUT2D eigenvalue weighted by atomic mass is 10.0. The van der Waals surface area contributed by atoms with Crippen molar-refractivity contribution in [1.82, 2.24) is 5.16 Å². The van der Waals surface area contributed by atoms with E-state index in [2.05, 4.69) is 5.16 Å². The number of Topliss-reactive ketones (excluding diaryl/α,β-unsaturated/α-hetero) is 1. The zero-order chi connectivity index (χ0) is 15.4. The number of ether oxygens (including phenoxy) is 1. The smallest absolute Gasteiger partial charge is 0.185 e. The summed E-state index contributed by atoms with van der Waals surface area (Å²) >= 11 is 0. The van der Waals surface area contributed by atoms with Crippen LogP contribution in [0.3, 0.4) is 0 Å². The van der Waals surface area contributed by atoms with E-state index in [-0.39, 0.29) is 18.3 Å². The maximum absolute atomic E-state index is 12.0. The number of carbonyl (C=O) groups excluding carboxylic acids is 1. The minimum Gasteiger partial charge on any atom is -0.369 e. The van der Waals surface area contributed by atoms with Gasteiger partial charge in [0.15, 0.2) is 11.5 Å². The predicted molar refractivity (Wildman–Crippen MR) is 81.8 cm³/mol. The van der Waals surface area contributed by atoms with E-state index in [4.69, 9.17) is 9.26 Å². The molecule has 22 heavy (non-hydrogen) atoms. The van der Waals surface area contributed by atoms with Crippen molar-refractivity contribution in [3.8, 4) is 0 Å². The second-order valence-corrected chi connectivity index (χ2v) is 6.97. The fraction of sp³-hybridized carbons (Fsp3) is 0.375. The molecule has 1 aliphatic rings. The molecule has 0 radical (unpaired) electrons. The second kappa shape index (κ2) is 6.98. The van der Waals surface area contributed by atoms with E-state index in [0.29, 0.717) is 36.0 Å². The third-order valence-corrected chi connectivity index (χ3v) is 5.20. The van der Waals surface area contributed by atoms with Crippen LogP contribution in [0.15, 0.2) is 40.9 Å². The number of nitrogens with zero attached hydrogens (tertiary/aromatic N) is 1. The van der Waals surface area contributed by atoms with Crippen LogP contribution >= 0.6 is 0 Å². The zero-order valence-corrected chi connectivity index (χ0v) is 12.9. The molecular weight excluding hydrogens is 302 g/mol. The number of ketones is 1. The Hall–Kier alpha value is -1.79. The molecule has 1 saturated heterocycles. The summed E-state index contributed by atoms with van der Waals surface area (Å²) in [6.45, 7) is 0.765. The van der Waals surface area contributed by atoms with E-state index in [1.165, 1.54) is 0 Å². The molecule has 1 aliphatic heterocycles. The van der Waals surface area contributed by atoms with Gasteiger partial charge >= 0.3 is 0 Å². The zero-order valence-electron chi connectivity index (χ0n) is 12.1. The van der Waals surface area contributed by atoms with Crippen LogP contribution in [0.25, 0.3) is 0 Å². The molecule has 3 rings (SSSR count). The summed E-state index contributed by atoms with van der Waals surface area (Å²) in [7, 11) is -0.728. The van der Waals surface area contributed by atoms with E-state index in [0.717, 1.165) is 5.56 Å². The first kappa shape index (κ1) is 15.1. The van der Waals surface area contributed by atoms with Gasteiger partial charge in [0, 0.05) is 34.8 Å². The maximum Gasteiger partial charge on any atom is 0.185 e. The van der Waals surface area contributed by atoms with Gasteiger partial charge in [0.25, 0.3) is 0 Å². The monoisotopic (exact) mass is 319 g/mol. The van der Waals surface area contributed by atoms with Crippen LogP contribution in [0.2, 0.25) is 0 Å². The van der Waals surface area contributed by atoms with Gasteiger partial charge < -0.3 is 9.26 Å². The molecule has 1 fully saturated rings. The van der Waals surface area contributed by atoms with Crippen molar-refractivity contribution in [2.45, 2.75) is 19.6 Å². The molecule has 0 bridgehead atoms. The van der Waals surface area contributed by atoms with Crippen molar-refractivity contribution >= 4 is 16.6 Å².